The van der Waals surface area contributed by atoms with E-state index in [1.807, 2.05) is 49.4 Å². The summed E-state index contributed by atoms with van der Waals surface area (Å²) < 4.78 is 27.0. The number of piperidine rings is 1. The van der Waals surface area contributed by atoms with Crippen LogP contribution in [0.2, 0.25) is 10.0 Å². The number of aryl methyl sites for hydroxylation is 1. The van der Waals surface area contributed by atoms with Gasteiger partial charge < -0.3 is 5.32 Å². The topological polar surface area (TPSA) is 66.5 Å². The van der Waals surface area contributed by atoms with Crippen LogP contribution in [-0.4, -0.2) is 44.0 Å². The normalized spacial score (nSPS) is 15.6. The predicted molar refractivity (Wildman–Crippen MR) is 134 cm³/mol. The Morgan fingerprint density at radius 3 is 2.44 bits per heavy atom. The van der Waals surface area contributed by atoms with Gasteiger partial charge in [0, 0.05) is 47.1 Å². The Morgan fingerprint density at radius 2 is 1.78 bits per heavy atom. The zero-order chi connectivity index (χ0) is 23.1. The van der Waals surface area contributed by atoms with Gasteiger partial charge in [-0.25, -0.2) is 12.7 Å². The number of rotatable bonds is 9. The fourth-order valence-electron chi connectivity index (χ4n) is 3.74. The molecule has 0 atom stereocenters. The second kappa shape index (κ2) is 11.7. The first-order valence-electron chi connectivity index (χ1n) is 10.6. The van der Waals surface area contributed by atoms with E-state index in [-0.39, 0.29) is 17.6 Å². The van der Waals surface area contributed by atoms with Crippen molar-refractivity contribution in [2.75, 3.05) is 25.4 Å². The third kappa shape index (κ3) is 7.12. The van der Waals surface area contributed by atoms with Gasteiger partial charge in [0.1, 0.15) is 0 Å². The van der Waals surface area contributed by atoms with Gasteiger partial charge in [0.15, 0.2) is 0 Å². The molecule has 1 aliphatic heterocycles. The quantitative estimate of drug-likeness (QED) is 0.483. The molecule has 174 valence electrons. The summed E-state index contributed by atoms with van der Waals surface area (Å²) in [4.78, 5) is 12.5. The van der Waals surface area contributed by atoms with Gasteiger partial charge >= 0.3 is 0 Å². The third-order valence-electron chi connectivity index (χ3n) is 5.50. The molecule has 1 aliphatic rings. The van der Waals surface area contributed by atoms with Crippen LogP contribution in [0.3, 0.4) is 0 Å². The van der Waals surface area contributed by atoms with Gasteiger partial charge in [-0.15, -0.1) is 0 Å². The van der Waals surface area contributed by atoms with Crippen molar-refractivity contribution in [1.29, 1.82) is 0 Å². The molecule has 1 amide bonds. The van der Waals surface area contributed by atoms with Crippen LogP contribution in [0.1, 0.15) is 29.5 Å². The molecule has 1 saturated heterocycles. The molecule has 3 rings (SSSR count). The number of amides is 1. The molecule has 1 N–H and O–H groups in total. The first kappa shape index (κ1) is 25.4. The van der Waals surface area contributed by atoms with E-state index in [2.05, 4.69) is 5.32 Å². The van der Waals surface area contributed by atoms with E-state index in [4.69, 9.17) is 23.2 Å². The molecule has 32 heavy (non-hydrogen) atoms. The lowest BCUT2D eigenvalue weighted by Gasteiger charge is -2.30. The van der Waals surface area contributed by atoms with Gasteiger partial charge in [0.05, 0.1) is 5.75 Å². The van der Waals surface area contributed by atoms with Crippen LogP contribution in [0.15, 0.2) is 42.5 Å². The molecule has 2 aromatic carbocycles. The summed E-state index contributed by atoms with van der Waals surface area (Å²) in [5.74, 6) is 1.28. The van der Waals surface area contributed by atoms with Crippen LogP contribution in [0, 0.1) is 12.8 Å². The average Bonchev–Trinajstić information content (AvgIpc) is 2.75. The van der Waals surface area contributed by atoms with Crippen LogP contribution < -0.4 is 5.32 Å². The highest BCUT2D eigenvalue weighted by Crippen LogP contribution is 2.28. The first-order valence-corrected chi connectivity index (χ1v) is 14.1. The molecule has 0 bridgehead atoms. The van der Waals surface area contributed by atoms with E-state index in [1.54, 1.807) is 11.8 Å². The summed E-state index contributed by atoms with van der Waals surface area (Å²) in [6.07, 6.45) is 1.09. The largest absolute Gasteiger partial charge is 0.355 e. The van der Waals surface area contributed by atoms with Gasteiger partial charge in [-0.3, -0.25) is 4.79 Å². The van der Waals surface area contributed by atoms with E-state index in [1.165, 1.54) is 4.31 Å². The predicted octanol–water partition coefficient (Wildman–Crippen LogP) is 4.89. The Hall–Kier alpha value is -1.25. The average molecular weight is 516 g/mol. The van der Waals surface area contributed by atoms with E-state index in [9.17, 15) is 13.2 Å². The first-order chi connectivity index (χ1) is 15.3. The van der Waals surface area contributed by atoms with E-state index < -0.39 is 10.0 Å². The highest BCUT2D eigenvalue weighted by atomic mass is 35.5. The smallest absolute Gasteiger partial charge is 0.223 e. The second-order valence-corrected chi connectivity index (χ2v) is 11.9. The Balaban J connectivity index is 1.38. The van der Waals surface area contributed by atoms with Crippen LogP contribution in [0.4, 0.5) is 0 Å². The van der Waals surface area contributed by atoms with Gasteiger partial charge in [-0.1, -0.05) is 59.1 Å². The molecule has 2 aromatic rings. The van der Waals surface area contributed by atoms with Crippen molar-refractivity contribution in [3.63, 3.8) is 0 Å². The second-order valence-electron chi connectivity index (χ2n) is 7.96. The van der Waals surface area contributed by atoms with E-state index >= 15 is 0 Å². The van der Waals surface area contributed by atoms with Crippen molar-refractivity contribution in [1.82, 2.24) is 9.62 Å². The maximum Gasteiger partial charge on any atom is 0.223 e. The number of carbonyl (C=O) groups excluding carboxylic acids is 1. The molecule has 0 spiro atoms. The fraction of sp³-hybridized carbons (Fsp3) is 0.435. The number of carbonyl (C=O) groups is 1. The highest BCUT2D eigenvalue weighted by molar-refractivity contribution is 7.98. The summed E-state index contributed by atoms with van der Waals surface area (Å²) >= 11 is 14.0. The summed E-state index contributed by atoms with van der Waals surface area (Å²) in [5, 5.41) is 4.28. The molecular weight excluding hydrogens is 487 g/mol. The zero-order valence-corrected chi connectivity index (χ0v) is 21.2. The SMILES string of the molecule is Cc1cccc(CS(=O)(=O)N2CCC(C(=O)NCCSCc3c(Cl)cccc3Cl)CC2)c1. The summed E-state index contributed by atoms with van der Waals surface area (Å²) in [7, 11) is -3.38. The number of halogens is 2. The van der Waals surface area contributed by atoms with Gasteiger partial charge in [0.2, 0.25) is 15.9 Å². The molecule has 1 heterocycles. The summed E-state index contributed by atoms with van der Waals surface area (Å²) in [6.45, 7) is 3.26. The Labute approximate surface area is 204 Å². The monoisotopic (exact) mass is 514 g/mol. The Kier molecular flexibility index (Phi) is 9.32. The number of hydrogen-bond donors (Lipinski definition) is 1. The summed E-state index contributed by atoms with van der Waals surface area (Å²) in [5.41, 5.74) is 2.74. The minimum absolute atomic E-state index is 0.00177. The number of hydrogen-bond acceptors (Lipinski definition) is 4. The van der Waals surface area contributed by atoms with Crippen LogP contribution in [0.5, 0.6) is 0 Å². The minimum atomic E-state index is -3.38. The molecule has 0 radical (unpaired) electrons. The number of nitrogens with one attached hydrogen (secondary N) is 1. The lowest BCUT2D eigenvalue weighted by atomic mass is 9.97. The van der Waals surface area contributed by atoms with E-state index in [0.717, 1.165) is 22.4 Å². The molecule has 1 fully saturated rings. The molecular formula is C23H28Cl2N2O3S2. The van der Waals surface area contributed by atoms with Crippen molar-refractivity contribution < 1.29 is 13.2 Å². The minimum Gasteiger partial charge on any atom is -0.355 e. The number of nitrogens with zero attached hydrogens (tertiary/aromatic N) is 1. The van der Waals surface area contributed by atoms with Gasteiger partial charge in [0.25, 0.3) is 0 Å². The number of thioether (sulfide) groups is 1. The van der Waals surface area contributed by atoms with Crippen LogP contribution in [-0.2, 0) is 26.3 Å². The highest BCUT2D eigenvalue weighted by Gasteiger charge is 2.31. The van der Waals surface area contributed by atoms with Crippen molar-refractivity contribution >= 4 is 50.9 Å². The molecule has 9 heteroatoms. The van der Waals surface area contributed by atoms with Crippen molar-refractivity contribution in [3.05, 3.63) is 69.2 Å². The zero-order valence-electron chi connectivity index (χ0n) is 18.0. The molecule has 5 nitrogen and oxygen atoms in total. The Morgan fingerprint density at radius 1 is 1.12 bits per heavy atom. The van der Waals surface area contributed by atoms with Crippen molar-refractivity contribution in [2.45, 2.75) is 31.3 Å². The lowest BCUT2D eigenvalue weighted by molar-refractivity contribution is -0.125. The van der Waals surface area contributed by atoms with Crippen molar-refractivity contribution in [3.8, 4) is 0 Å². The fourth-order valence-corrected chi connectivity index (χ4v) is 6.88. The third-order valence-corrected chi connectivity index (χ3v) is 9.05. The van der Waals surface area contributed by atoms with E-state index in [0.29, 0.717) is 48.3 Å². The standard InChI is InChI=1S/C23H28Cl2N2O3S2/c1-17-4-2-5-18(14-17)16-32(29,30)27-11-8-19(9-12-27)23(28)26-10-13-31-15-20-21(24)6-3-7-22(20)25/h2-7,14,19H,8-13,15-16H2,1H3,(H,26,28). The maximum atomic E-state index is 12.8. The summed E-state index contributed by atoms with van der Waals surface area (Å²) in [6, 6.07) is 13.0. The van der Waals surface area contributed by atoms with Gasteiger partial charge in [-0.2, -0.15) is 11.8 Å². The molecule has 0 aliphatic carbocycles. The number of benzene rings is 2. The number of sulfonamides is 1. The van der Waals surface area contributed by atoms with Crippen LogP contribution in [0.25, 0.3) is 0 Å². The molecule has 0 aromatic heterocycles. The molecule has 0 unspecified atom stereocenters. The van der Waals surface area contributed by atoms with Crippen LogP contribution >= 0.6 is 35.0 Å². The lowest BCUT2D eigenvalue weighted by Crippen LogP contribution is -2.43. The van der Waals surface area contributed by atoms with Gasteiger partial charge in [-0.05, 0) is 43.0 Å². The molecule has 0 saturated carbocycles. The van der Waals surface area contributed by atoms with Crippen molar-refractivity contribution in [2.24, 2.45) is 5.92 Å². The maximum absolute atomic E-state index is 12.8. The Bertz CT molecular complexity index is 1020.